The molecule has 0 amide bonds. The molecule has 0 saturated heterocycles. The number of phenolic OH excluding ortho intramolecular Hbond substituents is 2. The Bertz CT molecular complexity index is 335. The second-order valence-electron chi connectivity index (χ2n) is 3.51. The maximum atomic E-state index is 9.47. The van der Waals surface area contributed by atoms with E-state index in [1.165, 1.54) is 0 Å². The van der Waals surface area contributed by atoms with Crippen LogP contribution < -0.4 is 5.32 Å². The van der Waals surface area contributed by atoms with Crippen LogP contribution >= 0.6 is 0 Å². The quantitative estimate of drug-likeness (QED) is 0.640. The second-order valence-corrected chi connectivity index (χ2v) is 3.51. The third-order valence-corrected chi connectivity index (χ3v) is 2.60. The fourth-order valence-electron chi connectivity index (χ4n) is 1.47. The standard InChI is InChI=1S/C11H17NO2/c1-7-8(2)11(14)10(13)6-9(7)4-5-12-3/h6,12-14H,4-5H2,1-3H3. The van der Waals surface area contributed by atoms with Gasteiger partial charge < -0.3 is 15.5 Å². The maximum Gasteiger partial charge on any atom is 0.160 e. The summed E-state index contributed by atoms with van der Waals surface area (Å²) >= 11 is 0. The maximum absolute atomic E-state index is 9.47. The Labute approximate surface area is 84.4 Å². The van der Waals surface area contributed by atoms with E-state index in [-0.39, 0.29) is 11.5 Å². The summed E-state index contributed by atoms with van der Waals surface area (Å²) in [6.45, 7) is 4.64. The van der Waals surface area contributed by atoms with E-state index in [1.54, 1.807) is 6.07 Å². The summed E-state index contributed by atoms with van der Waals surface area (Å²) in [6, 6.07) is 1.63. The van der Waals surface area contributed by atoms with Crippen molar-refractivity contribution in [2.75, 3.05) is 13.6 Å². The summed E-state index contributed by atoms with van der Waals surface area (Å²) in [5.74, 6) is -0.0325. The molecule has 0 aliphatic carbocycles. The van der Waals surface area contributed by atoms with Crippen LogP contribution in [0, 0.1) is 13.8 Å². The highest BCUT2D eigenvalue weighted by atomic mass is 16.3. The molecule has 0 spiro atoms. The van der Waals surface area contributed by atoms with Crippen LogP contribution in [0.1, 0.15) is 16.7 Å². The average Bonchev–Trinajstić information content (AvgIpc) is 2.18. The van der Waals surface area contributed by atoms with Crippen molar-refractivity contribution in [3.63, 3.8) is 0 Å². The smallest absolute Gasteiger partial charge is 0.160 e. The number of hydrogen-bond donors (Lipinski definition) is 3. The fraction of sp³-hybridized carbons (Fsp3) is 0.455. The lowest BCUT2D eigenvalue weighted by Gasteiger charge is -2.11. The van der Waals surface area contributed by atoms with Gasteiger partial charge in [-0.25, -0.2) is 0 Å². The van der Waals surface area contributed by atoms with Crippen molar-refractivity contribution in [3.8, 4) is 11.5 Å². The van der Waals surface area contributed by atoms with Gasteiger partial charge in [0.25, 0.3) is 0 Å². The van der Waals surface area contributed by atoms with E-state index >= 15 is 0 Å². The van der Waals surface area contributed by atoms with E-state index in [1.807, 2.05) is 20.9 Å². The number of likely N-dealkylation sites (N-methyl/N-ethyl adjacent to an activating group) is 1. The average molecular weight is 195 g/mol. The summed E-state index contributed by atoms with van der Waals surface area (Å²) in [5, 5.41) is 22.0. The van der Waals surface area contributed by atoms with Gasteiger partial charge in [0.05, 0.1) is 0 Å². The number of nitrogens with one attached hydrogen (secondary N) is 1. The molecule has 0 atom stereocenters. The Balaban J connectivity index is 3.06. The molecule has 1 rings (SSSR count). The van der Waals surface area contributed by atoms with Gasteiger partial charge in [0.1, 0.15) is 0 Å². The summed E-state index contributed by atoms with van der Waals surface area (Å²) in [4.78, 5) is 0. The third kappa shape index (κ3) is 1.99. The SMILES string of the molecule is CNCCc1cc(O)c(O)c(C)c1C. The zero-order valence-corrected chi connectivity index (χ0v) is 8.89. The van der Waals surface area contributed by atoms with Crippen LogP contribution in [-0.2, 0) is 6.42 Å². The molecular weight excluding hydrogens is 178 g/mol. The minimum Gasteiger partial charge on any atom is -0.504 e. The number of hydrogen-bond acceptors (Lipinski definition) is 3. The Morgan fingerprint density at radius 1 is 1.21 bits per heavy atom. The molecule has 0 saturated carbocycles. The molecule has 0 aliphatic heterocycles. The molecule has 14 heavy (non-hydrogen) atoms. The van der Waals surface area contributed by atoms with Gasteiger partial charge in [0.2, 0.25) is 0 Å². The summed E-state index contributed by atoms with van der Waals surface area (Å²) < 4.78 is 0. The monoisotopic (exact) mass is 195 g/mol. The largest absolute Gasteiger partial charge is 0.504 e. The normalized spacial score (nSPS) is 10.5. The molecule has 0 fully saturated rings. The second kappa shape index (κ2) is 4.33. The molecule has 3 heteroatoms. The molecule has 3 nitrogen and oxygen atoms in total. The van der Waals surface area contributed by atoms with Crippen LogP contribution in [0.15, 0.2) is 6.07 Å². The molecule has 0 radical (unpaired) electrons. The van der Waals surface area contributed by atoms with Crippen LogP contribution in [-0.4, -0.2) is 23.8 Å². The minimum absolute atomic E-state index is 0.00397. The number of benzene rings is 1. The predicted molar refractivity (Wildman–Crippen MR) is 56.9 cm³/mol. The molecule has 0 heterocycles. The fourth-order valence-corrected chi connectivity index (χ4v) is 1.47. The van der Waals surface area contributed by atoms with Gasteiger partial charge in [0.15, 0.2) is 11.5 Å². The highest BCUT2D eigenvalue weighted by Crippen LogP contribution is 2.33. The zero-order chi connectivity index (χ0) is 10.7. The van der Waals surface area contributed by atoms with Crippen molar-refractivity contribution in [1.29, 1.82) is 0 Å². The van der Waals surface area contributed by atoms with E-state index in [4.69, 9.17) is 0 Å². The first-order valence-electron chi connectivity index (χ1n) is 4.73. The molecule has 0 unspecified atom stereocenters. The highest BCUT2D eigenvalue weighted by Gasteiger charge is 2.10. The molecule has 0 aromatic heterocycles. The lowest BCUT2D eigenvalue weighted by atomic mass is 9.99. The predicted octanol–water partition coefficient (Wildman–Crippen LogP) is 1.48. The zero-order valence-electron chi connectivity index (χ0n) is 8.89. The first-order valence-corrected chi connectivity index (χ1v) is 4.73. The van der Waals surface area contributed by atoms with Gasteiger partial charge in [-0.05, 0) is 56.6 Å². The van der Waals surface area contributed by atoms with Crippen molar-refractivity contribution in [2.24, 2.45) is 0 Å². The van der Waals surface area contributed by atoms with Gasteiger partial charge in [-0.2, -0.15) is 0 Å². The topological polar surface area (TPSA) is 52.5 Å². The van der Waals surface area contributed by atoms with Crippen LogP contribution in [0.25, 0.3) is 0 Å². The van der Waals surface area contributed by atoms with Crippen molar-refractivity contribution < 1.29 is 10.2 Å². The van der Waals surface area contributed by atoms with Crippen molar-refractivity contribution in [3.05, 3.63) is 22.8 Å². The van der Waals surface area contributed by atoms with Crippen LogP contribution in [0.2, 0.25) is 0 Å². The highest BCUT2D eigenvalue weighted by molar-refractivity contribution is 5.51. The van der Waals surface area contributed by atoms with E-state index in [0.717, 1.165) is 29.7 Å². The van der Waals surface area contributed by atoms with E-state index in [2.05, 4.69) is 5.32 Å². The first kappa shape index (κ1) is 10.9. The van der Waals surface area contributed by atoms with Crippen LogP contribution in [0.5, 0.6) is 11.5 Å². The first-order chi connectivity index (χ1) is 6.57. The Morgan fingerprint density at radius 3 is 2.43 bits per heavy atom. The lowest BCUT2D eigenvalue weighted by Crippen LogP contribution is -2.11. The molecule has 3 N–H and O–H groups in total. The van der Waals surface area contributed by atoms with Crippen molar-refractivity contribution in [2.45, 2.75) is 20.3 Å². The Morgan fingerprint density at radius 2 is 1.86 bits per heavy atom. The molecule has 0 bridgehead atoms. The molecule has 1 aromatic carbocycles. The lowest BCUT2D eigenvalue weighted by molar-refractivity contribution is 0.400. The van der Waals surface area contributed by atoms with Gasteiger partial charge >= 0.3 is 0 Å². The van der Waals surface area contributed by atoms with Crippen molar-refractivity contribution in [1.82, 2.24) is 5.32 Å². The Hall–Kier alpha value is -1.22. The van der Waals surface area contributed by atoms with Gasteiger partial charge in [-0.3, -0.25) is 0 Å². The summed E-state index contributed by atoms with van der Waals surface area (Å²) in [7, 11) is 1.89. The molecular formula is C11H17NO2. The van der Waals surface area contributed by atoms with Crippen LogP contribution in [0.3, 0.4) is 0 Å². The van der Waals surface area contributed by atoms with E-state index in [9.17, 15) is 10.2 Å². The van der Waals surface area contributed by atoms with E-state index < -0.39 is 0 Å². The summed E-state index contributed by atoms with van der Waals surface area (Å²) in [6.07, 6.45) is 0.858. The third-order valence-electron chi connectivity index (χ3n) is 2.60. The number of rotatable bonds is 3. The van der Waals surface area contributed by atoms with E-state index in [0.29, 0.717) is 0 Å². The van der Waals surface area contributed by atoms with Gasteiger partial charge in [-0.1, -0.05) is 0 Å². The minimum atomic E-state index is -0.0285. The van der Waals surface area contributed by atoms with Gasteiger partial charge in [0, 0.05) is 0 Å². The van der Waals surface area contributed by atoms with Crippen molar-refractivity contribution >= 4 is 0 Å². The summed E-state index contributed by atoms with van der Waals surface area (Å²) in [5.41, 5.74) is 2.89. The molecule has 78 valence electrons. The Kier molecular flexibility index (Phi) is 3.36. The molecule has 1 aromatic rings. The molecule has 0 aliphatic rings. The van der Waals surface area contributed by atoms with Crippen LogP contribution in [0.4, 0.5) is 0 Å². The van der Waals surface area contributed by atoms with Gasteiger partial charge in [-0.15, -0.1) is 0 Å². The number of aromatic hydroxyl groups is 2. The number of phenols is 2.